The van der Waals surface area contributed by atoms with Crippen LogP contribution in [0.2, 0.25) is 5.02 Å². The van der Waals surface area contributed by atoms with E-state index in [1.165, 1.54) is 10.4 Å². The first-order valence-electron chi connectivity index (χ1n) is 12.1. The molecule has 1 aromatic heterocycles. The molecule has 42 heavy (non-hydrogen) atoms. The molecule has 3 aromatic rings. The van der Waals surface area contributed by atoms with Crippen molar-refractivity contribution in [3.05, 3.63) is 80.2 Å². The number of nitrogens with zero attached hydrogens (tertiary/aromatic N) is 2. The van der Waals surface area contributed by atoms with Gasteiger partial charge in [-0.25, -0.2) is 16.8 Å². The monoisotopic (exact) mass is 666 g/mol. The molecule has 0 spiro atoms. The van der Waals surface area contributed by atoms with E-state index in [0.29, 0.717) is 27.6 Å². The number of alkyl halides is 3. The predicted octanol–water partition coefficient (Wildman–Crippen LogP) is 4.80. The molecule has 2 N–H and O–H groups in total. The minimum atomic E-state index is -5.78. The summed E-state index contributed by atoms with van der Waals surface area (Å²) in [6.45, 7) is 0.208. The van der Waals surface area contributed by atoms with Gasteiger partial charge in [0.1, 0.15) is 9.90 Å². The number of carbonyl (C=O) groups excluding carboxylic acids is 1. The lowest BCUT2D eigenvalue weighted by molar-refractivity contribution is -0.384. The number of carbonyl (C=O) groups is 1. The van der Waals surface area contributed by atoms with E-state index in [-0.39, 0.29) is 48.3 Å². The SMILES string of the molecule is O=C(NCc1ccc(S(=O)(=O)N2CCC(Nc3ccc(S(=O)(=O)C(F)(F)F)cc3[N+](=O)[O-])CC2)s1)c1ccc(Cl)cc1. The predicted molar refractivity (Wildman–Crippen MR) is 149 cm³/mol. The van der Waals surface area contributed by atoms with Gasteiger partial charge >= 0.3 is 5.51 Å². The Morgan fingerprint density at radius 3 is 2.29 bits per heavy atom. The Balaban J connectivity index is 1.37. The number of nitro groups is 1. The number of thiophene rings is 1. The number of hydrogen-bond acceptors (Lipinski definition) is 9. The molecule has 11 nitrogen and oxygen atoms in total. The van der Waals surface area contributed by atoms with Gasteiger partial charge in [0.25, 0.3) is 31.5 Å². The van der Waals surface area contributed by atoms with Gasteiger partial charge in [-0.15, -0.1) is 11.3 Å². The average Bonchev–Trinajstić information content (AvgIpc) is 3.42. The Morgan fingerprint density at radius 1 is 1.05 bits per heavy atom. The number of rotatable bonds is 9. The zero-order chi connectivity index (χ0) is 30.9. The first-order valence-corrected chi connectivity index (χ1v) is 16.2. The average molecular weight is 667 g/mol. The van der Waals surface area contributed by atoms with Crippen LogP contribution < -0.4 is 10.6 Å². The van der Waals surface area contributed by atoms with Gasteiger partial charge in [-0.05, 0) is 61.4 Å². The van der Waals surface area contributed by atoms with Crippen molar-refractivity contribution in [1.82, 2.24) is 9.62 Å². The minimum Gasteiger partial charge on any atom is -0.377 e. The van der Waals surface area contributed by atoms with Crippen LogP contribution in [-0.4, -0.2) is 56.6 Å². The molecule has 1 aliphatic heterocycles. The Labute approximate surface area is 247 Å². The van der Waals surface area contributed by atoms with Gasteiger partial charge < -0.3 is 10.6 Å². The summed E-state index contributed by atoms with van der Waals surface area (Å²) in [5.41, 5.74) is -6.27. The highest BCUT2D eigenvalue weighted by Gasteiger charge is 2.47. The quantitative estimate of drug-likeness (QED) is 0.244. The summed E-state index contributed by atoms with van der Waals surface area (Å²) in [4.78, 5) is 22.1. The number of anilines is 1. The highest BCUT2D eigenvalue weighted by molar-refractivity contribution is 7.92. The molecule has 1 amide bonds. The molecule has 226 valence electrons. The minimum absolute atomic E-state index is 0.0505. The summed E-state index contributed by atoms with van der Waals surface area (Å²) >= 11 is 6.82. The van der Waals surface area contributed by atoms with Crippen molar-refractivity contribution in [2.24, 2.45) is 0 Å². The van der Waals surface area contributed by atoms with Crippen LogP contribution >= 0.6 is 22.9 Å². The molecule has 2 heterocycles. The molecule has 0 radical (unpaired) electrons. The normalized spacial score (nSPS) is 15.3. The molecule has 1 saturated heterocycles. The maximum atomic E-state index is 13.2. The van der Waals surface area contributed by atoms with Gasteiger partial charge in [0, 0.05) is 40.7 Å². The van der Waals surface area contributed by atoms with Crippen molar-refractivity contribution in [1.29, 1.82) is 0 Å². The summed E-state index contributed by atoms with van der Waals surface area (Å²) in [6.07, 6.45) is 0.433. The van der Waals surface area contributed by atoms with Crippen molar-refractivity contribution >= 4 is 60.1 Å². The summed E-state index contributed by atoms with van der Waals surface area (Å²) in [5, 5.41) is 17.5. The molecule has 4 rings (SSSR count). The fraction of sp³-hybridized carbons (Fsp3) is 0.292. The van der Waals surface area contributed by atoms with Crippen LogP contribution in [0.4, 0.5) is 24.5 Å². The molecule has 1 aliphatic rings. The fourth-order valence-electron chi connectivity index (χ4n) is 4.14. The summed E-state index contributed by atoms with van der Waals surface area (Å²) in [5.74, 6) is -0.351. The number of sulfone groups is 1. The lowest BCUT2D eigenvalue weighted by atomic mass is 10.1. The third-order valence-corrected chi connectivity index (χ3v) is 11.5. The zero-order valence-electron chi connectivity index (χ0n) is 21.3. The van der Waals surface area contributed by atoms with E-state index in [1.807, 2.05) is 0 Å². The van der Waals surface area contributed by atoms with Crippen LogP contribution in [0.1, 0.15) is 28.1 Å². The Bertz CT molecular complexity index is 1710. The second-order valence-electron chi connectivity index (χ2n) is 9.12. The Morgan fingerprint density at radius 2 is 1.69 bits per heavy atom. The standard InChI is InChI=1S/C24H22ClF3N4O7S3/c25-16-3-1-15(2-4-16)23(33)29-14-18-5-8-22(40-18)42(38,39)31-11-9-17(10-12-31)30-20-7-6-19(13-21(20)32(34)35)41(36,37)24(26,27)28/h1-8,13,17,30H,9-12,14H2,(H,29,33). The largest absolute Gasteiger partial charge is 0.501 e. The Hall–Kier alpha value is -3.25. The van der Waals surface area contributed by atoms with E-state index >= 15 is 0 Å². The van der Waals surface area contributed by atoms with Gasteiger partial charge in [-0.1, -0.05) is 11.6 Å². The lowest BCUT2D eigenvalue weighted by Gasteiger charge is -2.31. The third-order valence-electron chi connectivity index (χ3n) is 6.36. The molecule has 0 atom stereocenters. The second kappa shape index (κ2) is 12.2. The van der Waals surface area contributed by atoms with E-state index in [1.54, 1.807) is 30.3 Å². The van der Waals surface area contributed by atoms with Crippen LogP contribution in [-0.2, 0) is 26.4 Å². The summed E-state index contributed by atoms with van der Waals surface area (Å²) in [6, 6.07) is 10.7. The molecule has 1 fully saturated rings. The molecule has 18 heteroatoms. The number of piperidine rings is 1. The van der Waals surface area contributed by atoms with Crippen molar-refractivity contribution in [3.8, 4) is 0 Å². The molecular formula is C24H22ClF3N4O7S3. The van der Waals surface area contributed by atoms with Crippen LogP contribution in [0.15, 0.2) is 63.7 Å². The van der Waals surface area contributed by atoms with Crippen molar-refractivity contribution in [3.63, 3.8) is 0 Å². The van der Waals surface area contributed by atoms with Gasteiger partial charge in [0.05, 0.1) is 16.4 Å². The number of amides is 1. The van der Waals surface area contributed by atoms with Gasteiger partial charge in [-0.2, -0.15) is 17.5 Å². The Kier molecular flexibility index (Phi) is 9.17. The molecule has 0 bridgehead atoms. The first-order chi connectivity index (χ1) is 19.6. The molecule has 0 aliphatic carbocycles. The second-order valence-corrected chi connectivity index (χ2v) is 14.8. The van der Waals surface area contributed by atoms with E-state index < -0.39 is 46.9 Å². The maximum Gasteiger partial charge on any atom is 0.501 e. The van der Waals surface area contributed by atoms with Gasteiger partial charge in [0.15, 0.2) is 0 Å². The smallest absolute Gasteiger partial charge is 0.377 e. The molecular weight excluding hydrogens is 645 g/mol. The van der Waals surface area contributed by atoms with E-state index in [0.717, 1.165) is 17.4 Å². The van der Waals surface area contributed by atoms with Crippen LogP contribution in [0, 0.1) is 10.1 Å². The highest BCUT2D eigenvalue weighted by atomic mass is 35.5. The third kappa shape index (κ3) is 6.86. The molecule has 0 unspecified atom stereocenters. The number of nitro benzene ring substituents is 1. The van der Waals surface area contributed by atoms with E-state index in [4.69, 9.17) is 11.6 Å². The molecule has 0 saturated carbocycles. The van der Waals surface area contributed by atoms with Crippen LogP contribution in [0.3, 0.4) is 0 Å². The van der Waals surface area contributed by atoms with Crippen molar-refractivity contribution < 1.29 is 39.7 Å². The van der Waals surface area contributed by atoms with Crippen molar-refractivity contribution in [2.45, 2.75) is 40.0 Å². The van der Waals surface area contributed by atoms with Gasteiger partial charge in [0.2, 0.25) is 0 Å². The fourth-order valence-corrected chi connectivity index (χ4v) is 7.96. The summed E-state index contributed by atoms with van der Waals surface area (Å²) < 4.78 is 89.7. The van der Waals surface area contributed by atoms with Crippen molar-refractivity contribution in [2.75, 3.05) is 18.4 Å². The van der Waals surface area contributed by atoms with Gasteiger partial charge in [-0.3, -0.25) is 14.9 Å². The number of sulfonamides is 1. The summed E-state index contributed by atoms with van der Waals surface area (Å²) in [7, 11) is -9.66. The topological polar surface area (TPSA) is 156 Å². The zero-order valence-corrected chi connectivity index (χ0v) is 24.5. The first kappa shape index (κ1) is 31.7. The highest BCUT2D eigenvalue weighted by Crippen LogP contribution is 2.36. The van der Waals surface area contributed by atoms with E-state index in [9.17, 15) is 44.9 Å². The number of benzene rings is 2. The van der Waals surface area contributed by atoms with Crippen LogP contribution in [0.25, 0.3) is 0 Å². The maximum absolute atomic E-state index is 13.2. The molecule has 2 aromatic carbocycles. The lowest BCUT2D eigenvalue weighted by Crippen LogP contribution is -2.42. The number of hydrogen-bond donors (Lipinski definition) is 2. The number of halogens is 4. The van der Waals surface area contributed by atoms with Crippen LogP contribution in [0.5, 0.6) is 0 Å². The van der Waals surface area contributed by atoms with E-state index in [2.05, 4.69) is 10.6 Å². The number of nitrogens with one attached hydrogen (secondary N) is 2.